The molecule has 0 atom stereocenters. The van der Waals surface area contributed by atoms with Crippen LogP contribution < -0.4 is 0 Å². The van der Waals surface area contributed by atoms with E-state index < -0.39 is 0 Å². The van der Waals surface area contributed by atoms with Crippen molar-refractivity contribution in [1.82, 2.24) is 0 Å². The fourth-order valence-corrected chi connectivity index (χ4v) is 11.5. The Morgan fingerprint density at radius 2 is 0.448 bits per heavy atom. The van der Waals surface area contributed by atoms with Gasteiger partial charge in [-0.05, 0) is 221 Å². The quantitative estimate of drug-likeness (QED) is 0.105. The lowest BCUT2D eigenvalue weighted by Gasteiger charge is -2.67. The van der Waals surface area contributed by atoms with Gasteiger partial charge >= 0.3 is 0 Å². The van der Waals surface area contributed by atoms with Gasteiger partial charge in [0, 0.05) is 55.3 Å². The van der Waals surface area contributed by atoms with Gasteiger partial charge in [0.05, 0.1) is 0 Å². The fourth-order valence-electron chi connectivity index (χ4n) is 11.5. The Hall–Kier alpha value is -8.28. The van der Waals surface area contributed by atoms with Crippen molar-refractivity contribution in [2.45, 2.75) is 36.5 Å². The van der Waals surface area contributed by atoms with Crippen molar-refractivity contribution in [3.63, 3.8) is 0 Å². The molecule has 316 valence electrons. The molecule has 4 aliphatic rings. The van der Waals surface area contributed by atoms with Crippen LogP contribution in [-0.2, 0) is 10.8 Å². The maximum atomic E-state index is 13.7. The minimum absolute atomic E-state index is 0.0366. The Morgan fingerprint density at radius 1 is 0.254 bits per heavy atom. The van der Waals surface area contributed by atoms with E-state index in [1.54, 1.807) is 48.5 Å². The summed E-state index contributed by atoms with van der Waals surface area (Å²) < 4.78 is 54.9. The maximum absolute atomic E-state index is 13.7. The van der Waals surface area contributed by atoms with Gasteiger partial charge in [-0.3, -0.25) is 0 Å². The van der Waals surface area contributed by atoms with E-state index in [-0.39, 0.29) is 39.5 Å². The zero-order valence-corrected chi connectivity index (χ0v) is 36.0. The van der Waals surface area contributed by atoms with Crippen molar-refractivity contribution in [2.24, 2.45) is 5.41 Å². The molecule has 3 spiro atoms. The highest BCUT2D eigenvalue weighted by Gasteiger charge is 2.69. The number of halogens is 4. The van der Waals surface area contributed by atoms with Crippen LogP contribution >= 0.6 is 0 Å². The van der Waals surface area contributed by atoms with Gasteiger partial charge < -0.3 is 0 Å². The average Bonchev–Trinajstić information content (AvgIpc) is 3.76. The number of rotatable bonds is 0. The van der Waals surface area contributed by atoms with Gasteiger partial charge in [0.25, 0.3) is 0 Å². The van der Waals surface area contributed by atoms with Gasteiger partial charge in [0.2, 0.25) is 0 Å². The Balaban J connectivity index is 0.930. The monoisotopic (exact) mass is 868 g/mol. The van der Waals surface area contributed by atoms with E-state index >= 15 is 0 Å². The molecule has 0 unspecified atom stereocenters. The van der Waals surface area contributed by atoms with E-state index in [1.165, 1.54) is 93.0 Å². The average molecular weight is 869 g/mol. The summed E-state index contributed by atoms with van der Waals surface area (Å²) in [5.74, 6) is 25.3. The lowest BCUT2D eigenvalue weighted by Crippen LogP contribution is -2.61. The Bertz CT molecular complexity index is 3130. The lowest BCUT2D eigenvalue weighted by atomic mass is 9.36. The van der Waals surface area contributed by atoms with E-state index in [0.29, 0.717) is 0 Å². The van der Waals surface area contributed by atoms with Gasteiger partial charge in [-0.25, -0.2) is 17.6 Å². The Morgan fingerprint density at radius 3 is 0.672 bits per heavy atom. The van der Waals surface area contributed by atoms with Crippen molar-refractivity contribution in [3.05, 3.63) is 260 Å². The van der Waals surface area contributed by atoms with Crippen molar-refractivity contribution in [2.75, 3.05) is 0 Å². The zero-order chi connectivity index (χ0) is 45.3. The van der Waals surface area contributed by atoms with Crippen LogP contribution in [0.5, 0.6) is 0 Å². The SMILES string of the molecule is Fc1ccc(C#Cc2ccc3c(c2)C2(CC4(C2)CC2(C4)c4cc(C#Cc5ccc(F)cc5)ccc4-c4ccc(C#Cc5ccc(F)cc5)cc42)c2cc(C#Cc4ccc(F)cc4)ccc2-3)cc1. The topological polar surface area (TPSA) is 0 Å². The predicted octanol–water partition coefficient (Wildman–Crippen LogP) is 13.6. The summed E-state index contributed by atoms with van der Waals surface area (Å²) in [5.41, 5.74) is 16.0. The van der Waals surface area contributed by atoms with Gasteiger partial charge in [-0.15, -0.1) is 0 Å². The first kappa shape index (κ1) is 40.2. The first-order chi connectivity index (χ1) is 32.6. The summed E-state index contributed by atoms with van der Waals surface area (Å²) in [6, 6.07) is 51.2. The third-order valence-corrected chi connectivity index (χ3v) is 14.2. The number of fused-ring (bicyclic) bond motifs is 10. The summed E-state index contributed by atoms with van der Waals surface area (Å²) in [4.78, 5) is 0. The highest BCUT2D eigenvalue weighted by molar-refractivity contribution is 5.86. The van der Waals surface area contributed by atoms with Crippen LogP contribution in [0.3, 0.4) is 0 Å². The van der Waals surface area contributed by atoms with Crippen LogP contribution in [-0.4, -0.2) is 0 Å². The smallest absolute Gasteiger partial charge is 0.123 e. The summed E-state index contributed by atoms with van der Waals surface area (Å²) in [7, 11) is 0. The second-order valence-corrected chi connectivity index (χ2v) is 18.4. The molecule has 0 amide bonds. The normalized spacial score (nSPS) is 15.1. The number of hydrogen-bond donors (Lipinski definition) is 0. The minimum Gasteiger partial charge on any atom is -0.207 e. The van der Waals surface area contributed by atoms with Crippen molar-refractivity contribution in [1.29, 1.82) is 0 Å². The maximum Gasteiger partial charge on any atom is 0.123 e. The molecule has 0 radical (unpaired) electrons. The number of hydrogen-bond acceptors (Lipinski definition) is 0. The summed E-state index contributed by atoms with van der Waals surface area (Å²) in [6.45, 7) is 0. The van der Waals surface area contributed by atoms with Gasteiger partial charge in [0.1, 0.15) is 23.3 Å². The largest absolute Gasteiger partial charge is 0.207 e. The Kier molecular flexibility index (Phi) is 9.27. The van der Waals surface area contributed by atoms with Crippen LogP contribution in [0.2, 0.25) is 0 Å². The molecular weight excluding hydrogens is 833 g/mol. The molecule has 67 heavy (non-hydrogen) atoms. The number of benzene rings is 8. The zero-order valence-electron chi connectivity index (χ0n) is 36.0. The van der Waals surface area contributed by atoms with E-state index in [1.807, 2.05) is 0 Å². The van der Waals surface area contributed by atoms with Crippen molar-refractivity contribution >= 4 is 0 Å². The van der Waals surface area contributed by atoms with Crippen LogP contribution in [0.15, 0.2) is 170 Å². The van der Waals surface area contributed by atoms with E-state index in [0.717, 1.165) is 70.2 Å². The molecule has 4 aliphatic carbocycles. The van der Waals surface area contributed by atoms with E-state index in [9.17, 15) is 17.6 Å². The van der Waals surface area contributed by atoms with Crippen LogP contribution in [0.4, 0.5) is 17.6 Å². The molecular formula is C63H36F4. The molecule has 0 nitrogen and oxygen atoms in total. The van der Waals surface area contributed by atoms with Crippen LogP contribution in [0.1, 0.15) is 92.4 Å². The summed E-state index contributed by atoms with van der Waals surface area (Å²) in [5, 5.41) is 0. The van der Waals surface area contributed by atoms with Gasteiger partial charge in [0.15, 0.2) is 0 Å². The van der Waals surface area contributed by atoms with Crippen LogP contribution in [0, 0.1) is 76.0 Å². The molecule has 12 rings (SSSR count). The van der Waals surface area contributed by atoms with E-state index in [2.05, 4.69) is 120 Å². The molecule has 0 aromatic heterocycles. The van der Waals surface area contributed by atoms with Crippen molar-refractivity contribution < 1.29 is 17.6 Å². The highest BCUT2D eigenvalue weighted by Crippen LogP contribution is 2.78. The van der Waals surface area contributed by atoms with Crippen molar-refractivity contribution in [3.8, 4) is 69.6 Å². The predicted molar refractivity (Wildman–Crippen MR) is 256 cm³/mol. The highest BCUT2D eigenvalue weighted by atomic mass is 19.1. The second kappa shape index (κ2) is 15.4. The standard InChI is InChI=1S/C63H36F4/c64-49-21-9-41(10-22-49)1-5-45-17-29-53-54-30-18-46(6-2-42-11-23-50(65)24-12-42)34-58(54)62(57(53)33-45)37-61(38-62)39-63(40-61)59-35-47(7-3-43-13-25-51(66)26-14-43)19-31-55(59)56-32-20-48(36-60(56)63)8-4-44-15-27-52(67)28-16-44/h9-36H,37-40H2. The molecule has 4 heteroatoms. The second-order valence-electron chi connectivity index (χ2n) is 18.4. The summed E-state index contributed by atoms with van der Waals surface area (Å²) >= 11 is 0. The third-order valence-electron chi connectivity index (χ3n) is 14.2. The molecule has 2 fully saturated rings. The van der Waals surface area contributed by atoms with Gasteiger partial charge in [-0.2, -0.15) is 0 Å². The molecule has 0 saturated heterocycles. The molecule has 0 aliphatic heterocycles. The molecule has 8 aromatic carbocycles. The molecule has 0 bridgehead atoms. The van der Waals surface area contributed by atoms with Gasteiger partial charge in [-0.1, -0.05) is 71.6 Å². The molecule has 8 aromatic rings. The van der Waals surface area contributed by atoms with E-state index in [4.69, 9.17) is 0 Å². The third kappa shape index (κ3) is 7.02. The first-order valence-electron chi connectivity index (χ1n) is 22.3. The fraction of sp³-hybridized carbons (Fsp3) is 0.111. The lowest BCUT2D eigenvalue weighted by molar-refractivity contribution is -0.0735. The summed E-state index contributed by atoms with van der Waals surface area (Å²) in [6.07, 6.45) is 3.79. The molecule has 2 saturated carbocycles. The molecule has 0 heterocycles. The molecule has 0 N–H and O–H groups in total. The first-order valence-corrected chi connectivity index (χ1v) is 22.3. The minimum atomic E-state index is -0.294. The Labute approximate surface area is 387 Å². The van der Waals surface area contributed by atoms with Crippen LogP contribution in [0.25, 0.3) is 22.3 Å².